The smallest absolute Gasteiger partial charge is 0.408 e. The number of furan rings is 1. The summed E-state index contributed by atoms with van der Waals surface area (Å²) in [6, 6.07) is 16.7. The summed E-state index contributed by atoms with van der Waals surface area (Å²) in [5, 5.41) is 9.35. The Morgan fingerprint density at radius 1 is 0.900 bits per heavy atom. The van der Waals surface area contributed by atoms with Crippen molar-refractivity contribution < 1.29 is 23.5 Å². The Morgan fingerprint density at radius 2 is 1.52 bits per heavy atom. The molecule has 0 bridgehead atoms. The summed E-state index contributed by atoms with van der Waals surface area (Å²) in [5.74, 6) is -0.251. The maximum absolute atomic E-state index is 13.5. The van der Waals surface area contributed by atoms with E-state index in [0.29, 0.717) is 13.1 Å². The fourth-order valence-corrected chi connectivity index (χ4v) is 4.72. The van der Waals surface area contributed by atoms with Gasteiger partial charge in [-0.1, -0.05) is 81.6 Å². The Morgan fingerprint density at radius 3 is 2.20 bits per heavy atom. The number of hydrogen-bond acceptors (Lipinski definition) is 5. The van der Waals surface area contributed by atoms with Gasteiger partial charge in [0, 0.05) is 30.5 Å². The number of para-hydroxylation sites is 1. The first-order valence-corrected chi connectivity index (χ1v) is 14.0. The van der Waals surface area contributed by atoms with Crippen LogP contribution in [0.1, 0.15) is 70.1 Å². The second-order valence-corrected chi connectivity index (χ2v) is 10.7. The van der Waals surface area contributed by atoms with Gasteiger partial charge in [-0.15, -0.1) is 0 Å². The number of primary amides is 1. The van der Waals surface area contributed by atoms with Crippen molar-refractivity contribution in [2.45, 2.75) is 70.9 Å². The third kappa shape index (κ3) is 9.03. The number of fused-ring (bicyclic) bond motifs is 1. The lowest BCUT2D eigenvalue weighted by Crippen LogP contribution is -2.58. The van der Waals surface area contributed by atoms with E-state index in [2.05, 4.69) is 16.0 Å². The SMILES string of the molecule is CC(C)C(OC(=O)NC(C)(Cc1coc2ccccc12)C(=O)NCCCCCCCNC(N)=O)c1ccccc1. The molecule has 0 aliphatic rings. The van der Waals surface area contributed by atoms with Crippen LogP contribution in [0.25, 0.3) is 11.0 Å². The highest BCUT2D eigenvalue weighted by molar-refractivity contribution is 5.91. The number of nitrogens with two attached hydrogens (primary N) is 1. The minimum absolute atomic E-state index is 0.0395. The molecule has 0 radical (unpaired) electrons. The van der Waals surface area contributed by atoms with Crippen LogP contribution in [0.15, 0.2) is 65.3 Å². The Balaban J connectivity index is 1.64. The number of benzene rings is 2. The summed E-state index contributed by atoms with van der Waals surface area (Å²) < 4.78 is 11.6. The molecule has 216 valence electrons. The lowest BCUT2D eigenvalue weighted by molar-refractivity contribution is -0.127. The molecule has 2 aromatic carbocycles. The van der Waals surface area contributed by atoms with Crippen molar-refractivity contribution in [2.75, 3.05) is 13.1 Å². The number of alkyl carbamates (subject to hydrolysis) is 1. The van der Waals surface area contributed by atoms with Crippen LogP contribution in [0.3, 0.4) is 0 Å². The highest BCUT2D eigenvalue weighted by Crippen LogP contribution is 2.28. The Labute approximate surface area is 236 Å². The van der Waals surface area contributed by atoms with Crippen molar-refractivity contribution in [3.05, 3.63) is 72.0 Å². The van der Waals surface area contributed by atoms with Gasteiger partial charge in [0.2, 0.25) is 5.91 Å². The van der Waals surface area contributed by atoms with Gasteiger partial charge in [-0.05, 0) is 37.3 Å². The predicted molar refractivity (Wildman–Crippen MR) is 156 cm³/mol. The lowest BCUT2D eigenvalue weighted by Gasteiger charge is -2.31. The Hall–Kier alpha value is -4.01. The van der Waals surface area contributed by atoms with Crippen LogP contribution >= 0.6 is 0 Å². The number of amides is 4. The van der Waals surface area contributed by atoms with Crippen molar-refractivity contribution in [3.63, 3.8) is 0 Å². The molecular weight excluding hydrogens is 508 g/mol. The van der Waals surface area contributed by atoms with Crippen molar-refractivity contribution in [1.29, 1.82) is 0 Å². The summed E-state index contributed by atoms with van der Waals surface area (Å²) >= 11 is 0. The molecule has 0 spiro atoms. The second-order valence-electron chi connectivity index (χ2n) is 10.7. The van der Waals surface area contributed by atoms with E-state index in [1.165, 1.54) is 0 Å². The van der Waals surface area contributed by atoms with Crippen molar-refractivity contribution in [1.82, 2.24) is 16.0 Å². The molecule has 3 aromatic rings. The first kappa shape index (κ1) is 30.5. The van der Waals surface area contributed by atoms with E-state index < -0.39 is 23.8 Å². The molecule has 9 nitrogen and oxygen atoms in total. The third-order valence-electron chi connectivity index (χ3n) is 6.89. The first-order valence-electron chi connectivity index (χ1n) is 14.0. The van der Waals surface area contributed by atoms with E-state index in [9.17, 15) is 14.4 Å². The predicted octanol–water partition coefficient (Wildman–Crippen LogP) is 5.59. The number of carbonyl (C=O) groups is 3. The summed E-state index contributed by atoms with van der Waals surface area (Å²) in [7, 11) is 0. The average molecular weight is 551 g/mol. The van der Waals surface area contributed by atoms with Crippen LogP contribution in [0, 0.1) is 5.92 Å². The van der Waals surface area contributed by atoms with Crippen LogP contribution in [-0.2, 0) is 16.0 Å². The maximum atomic E-state index is 13.5. The topological polar surface area (TPSA) is 136 Å². The van der Waals surface area contributed by atoms with Gasteiger partial charge in [0.1, 0.15) is 17.2 Å². The average Bonchev–Trinajstić information content (AvgIpc) is 3.33. The molecule has 1 heterocycles. The minimum Gasteiger partial charge on any atom is -0.464 e. The van der Waals surface area contributed by atoms with Crippen LogP contribution in [0.4, 0.5) is 9.59 Å². The molecule has 40 heavy (non-hydrogen) atoms. The second kappa shape index (κ2) is 15.0. The highest BCUT2D eigenvalue weighted by atomic mass is 16.6. The zero-order valence-corrected chi connectivity index (χ0v) is 23.7. The van der Waals surface area contributed by atoms with Crippen LogP contribution in [0.5, 0.6) is 0 Å². The van der Waals surface area contributed by atoms with Gasteiger partial charge in [0.25, 0.3) is 0 Å². The molecule has 1 aromatic heterocycles. The number of ether oxygens (including phenoxy) is 1. The normalized spacial score (nSPS) is 13.4. The summed E-state index contributed by atoms with van der Waals surface area (Å²) in [6.45, 7) is 6.74. The number of urea groups is 1. The fourth-order valence-electron chi connectivity index (χ4n) is 4.72. The van der Waals surface area contributed by atoms with E-state index in [1.807, 2.05) is 68.4 Å². The largest absolute Gasteiger partial charge is 0.464 e. The molecule has 0 saturated heterocycles. The molecule has 4 amide bonds. The summed E-state index contributed by atoms with van der Waals surface area (Å²) in [6.07, 6.45) is 5.29. The maximum Gasteiger partial charge on any atom is 0.408 e. The molecule has 0 aliphatic heterocycles. The van der Waals surface area contributed by atoms with E-state index in [4.69, 9.17) is 14.9 Å². The molecule has 0 fully saturated rings. The minimum atomic E-state index is -1.28. The van der Waals surface area contributed by atoms with Gasteiger partial charge < -0.3 is 30.8 Å². The third-order valence-corrected chi connectivity index (χ3v) is 6.89. The molecule has 9 heteroatoms. The zero-order chi connectivity index (χ0) is 29.0. The van der Waals surface area contributed by atoms with E-state index in [0.717, 1.165) is 54.2 Å². The summed E-state index contributed by atoms with van der Waals surface area (Å²) in [5.41, 5.74) is 6.23. The molecule has 2 unspecified atom stereocenters. The highest BCUT2D eigenvalue weighted by Gasteiger charge is 2.37. The van der Waals surface area contributed by atoms with Crippen molar-refractivity contribution in [2.24, 2.45) is 11.7 Å². The lowest BCUT2D eigenvalue weighted by atomic mass is 9.91. The number of hydrogen-bond donors (Lipinski definition) is 4. The number of nitrogens with one attached hydrogen (secondary N) is 3. The van der Waals surface area contributed by atoms with Gasteiger partial charge in [0.15, 0.2) is 0 Å². The van der Waals surface area contributed by atoms with Crippen molar-refractivity contribution >= 4 is 29.0 Å². The fraction of sp³-hybridized carbons (Fsp3) is 0.452. The molecule has 0 saturated carbocycles. The molecule has 0 aliphatic carbocycles. The molecule has 5 N–H and O–H groups in total. The van der Waals surface area contributed by atoms with E-state index >= 15 is 0 Å². The van der Waals surface area contributed by atoms with Crippen LogP contribution in [-0.4, -0.2) is 36.7 Å². The summed E-state index contributed by atoms with van der Waals surface area (Å²) in [4.78, 5) is 37.5. The zero-order valence-electron chi connectivity index (χ0n) is 23.7. The van der Waals surface area contributed by atoms with Gasteiger partial charge in [-0.25, -0.2) is 9.59 Å². The number of unbranched alkanes of at least 4 members (excludes halogenated alkanes) is 4. The monoisotopic (exact) mass is 550 g/mol. The Bertz CT molecular complexity index is 1240. The quantitative estimate of drug-likeness (QED) is 0.183. The van der Waals surface area contributed by atoms with Gasteiger partial charge in [0.05, 0.1) is 6.26 Å². The van der Waals surface area contributed by atoms with E-state index in [-0.39, 0.29) is 18.2 Å². The van der Waals surface area contributed by atoms with Crippen LogP contribution < -0.4 is 21.7 Å². The standard InChI is InChI=1S/C31H42N4O5/c1-22(2)27(23-14-8-7-9-15-23)40-30(38)35-31(3,20-24-21-39-26-17-11-10-16-25(24)26)28(36)33-18-12-5-4-6-13-19-34-29(32)37/h7-11,14-17,21-22,27H,4-6,12-13,18-20H2,1-3H3,(H,33,36)(H,35,38)(H3,32,34,37). The number of carbonyl (C=O) groups excluding carboxylic acids is 3. The van der Waals surface area contributed by atoms with Crippen molar-refractivity contribution in [3.8, 4) is 0 Å². The van der Waals surface area contributed by atoms with Gasteiger partial charge >= 0.3 is 12.1 Å². The Kier molecular flexibility index (Phi) is 11.4. The molecule has 3 rings (SSSR count). The van der Waals surface area contributed by atoms with E-state index in [1.54, 1.807) is 13.2 Å². The van der Waals surface area contributed by atoms with Gasteiger partial charge in [-0.3, -0.25) is 4.79 Å². The first-order chi connectivity index (χ1) is 19.2. The molecular formula is C31H42N4O5. The van der Waals surface area contributed by atoms with Crippen LogP contribution in [0.2, 0.25) is 0 Å². The molecule has 2 atom stereocenters. The number of rotatable bonds is 15. The van der Waals surface area contributed by atoms with Gasteiger partial charge in [-0.2, -0.15) is 0 Å².